The van der Waals surface area contributed by atoms with E-state index in [4.69, 9.17) is 11.8 Å². The molecule has 1 rings (SSSR count). The van der Waals surface area contributed by atoms with Crippen LogP contribution in [-0.2, 0) is 19.7 Å². The molecule has 0 heterocycles. The van der Waals surface area contributed by atoms with Crippen molar-refractivity contribution in [3.05, 3.63) is 41.7 Å². The number of hydrogen-bond donors (Lipinski definition) is 1. The second-order valence-corrected chi connectivity index (χ2v) is 7.54. The van der Waals surface area contributed by atoms with E-state index in [1.54, 1.807) is 0 Å². The van der Waals surface area contributed by atoms with E-state index in [9.17, 15) is 25.8 Å². The van der Waals surface area contributed by atoms with Gasteiger partial charge in [0.05, 0.1) is 22.3 Å². The summed E-state index contributed by atoms with van der Waals surface area (Å²) < 4.78 is 73.0. The van der Waals surface area contributed by atoms with Crippen molar-refractivity contribution >= 4 is 24.7 Å². The van der Waals surface area contributed by atoms with Crippen LogP contribution >= 0.6 is 0 Å². The molecular formula is C10H6F3N3O3S2. The van der Waals surface area contributed by atoms with Gasteiger partial charge in [-0.2, -0.15) is 13.2 Å². The maximum atomic E-state index is 12.5. The molecule has 0 aromatic heterocycles. The number of hydrogen-bond acceptors (Lipinski definition) is 4. The van der Waals surface area contributed by atoms with E-state index >= 15 is 0 Å². The summed E-state index contributed by atoms with van der Waals surface area (Å²) in [7, 11) is -10.4. The minimum absolute atomic E-state index is 0.426. The Hall–Kier alpha value is -2.08. The zero-order valence-corrected chi connectivity index (χ0v) is 11.6. The number of sulfonamides is 1. The monoisotopic (exact) mass is 337 g/mol. The lowest BCUT2D eigenvalue weighted by Gasteiger charge is -2.15. The van der Waals surface area contributed by atoms with Crippen molar-refractivity contribution in [1.29, 1.82) is 5.26 Å². The molecule has 112 valence electrons. The van der Waals surface area contributed by atoms with E-state index in [0.29, 0.717) is 0 Å². The third-order valence-corrected chi connectivity index (χ3v) is 6.17. The Kier molecular flexibility index (Phi) is 4.63. The van der Waals surface area contributed by atoms with E-state index in [-0.39, 0.29) is 0 Å². The first-order chi connectivity index (χ1) is 9.58. The normalized spacial score (nSPS) is 14.5. The lowest BCUT2D eigenvalue weighted by Crippen LogP contribution is -2.42. The Labute approximate surface area is 118 Å². The Morgan fingerprint density at radius 3 is 2.14 bits per heavy atom. The van der Waals surface area contributed by atoms with Crippen molar-refractivity contribution in [2.24, 2.45) is 0 Å². The minimum Gasteiger partial charge on any atom is -0.257 e. The molecule has 21 heavy (non-hydrogen) atoms. The molecule has 0 fully saturated rings. The maximum Gasteiger partial charge on any atom is 0.512 e. The highest BCUT2D eigenvalue weighted by molar-refractivity contribution is 8.11. The molecule has 0 bridgehead atoms. The Morgan fingerprint density at radius 2 is 1.76 bits per heavy atom. The second kappa shape index (κ2) is 5.73. The number of benzene rings is 1. The number of nitriles is 1. The van der Waals surface area contributed by atoms with Crippen LogP contribution in [0.4, 0.5) is 13.2 Å². The molecule has 0 radical (unpaired) electrons. The van der Waals surface area contributed by atoms with Crippen molar-refractivity contribution in [2.75, 3.05) is 0 Å². The fourth-order valence-electron chi connectivity index (χ4n) is 1.17. The van der Waals surface area contributed by atoms with Crippen LogP contribution in [0, 0.1) is 17.9 Å². The highest BCUT2D eigenvalue weighted by Gasteiger charge is 2.48. The van der Waals surface area contributed by atoms with Crippen LogP contribution in [0.1, 0.15) is 0 Å². The Bertz CT molecular complexity index is 824. The predicted molar refractivity (Wildman–Crippen MR) is 68.2 cm³/mol. The molecule has 1 unspecified atom stereocenters. The van der Waals surface area contributed by atoms with Gasteiger partial charge < -0.3 is 0 Å². The Morgan fingerprint density at radius 1 is 1.24 bits per heavy atom. The molecule has 6 nitrogen and oxygen atoms in total. The van der Waals surface area contributed by atoms with Crippen LogP contribution in [0.2, 0.25) is 0 Å². The van der Waals surface area contributed by atoms with Crippen LogP contribution in [0.5, 0.6) is 0 Å². The third-order valence-electron chi connectivity index (χ3n) is 2.08. The zero-order valence-electron chi connectivity index (χ0n) is 9.96. The molecular weight excluding hydrogens is 331 g/mol. The number of nitrogens with zero attached hydrogens (tertiary/aromatic N) is 2. The quantitative estimate of drug-likeness (QED) is 0.664. The molecule has 1 atom stereocenters. The largest absolute Gasteiger partial charge is 0.512 e. The van der Waals surface area contributed by atoms with Crippen molar-refractivity contribution in [3.8, 4) is 6.07 Å². The fourth-order valence-corrected chi connectivity index (χ4v) is 4.50. The van der Waals surface area contributed by atoms with Crippen LogP contribution < -0.4 is 4.13 Å². The van der Waals surface area contributed by atoms with Gasteiger partial charge in [0.1, 0.15) is 0 Å². The summed E-state index contributed by atoms with van der Waals surface area (Å²) in [5, 5.41) is 8.73. The first-order valence-corrected chi connectivity index (χ1v) is 7.96. The van der Waals surface area contributed by atoms with E-state index in [1.807, 2.05) is 0 Å². The van der Waals surface area contributed by atoms with Gasteiger partial charge in [-0.25, -0.2) is 18.5 Å². The summed E-state index contributed by atoms with van der Waals surface area (Å²) >= 11 is 0. The van der Waals surface area contributed by atoms with Gasteiger partial charge >= 0.3 is 20.5 Å². The fraction of sp³-hybridized carbons (Fsp3) is 0.100. The number of alkyl halides is 3. The standard InChI is InChI=1S/C10H6F3N3O3S2/c1-15-9(7-14)20(17,8-5-3-2-4-6-8)16-21(18,19)10(11,12)13/h2-6H,(H,16,17). The van der Waals surface area contributed by atoms with Crippen LogP contribution in [-0.4, -0.2) is 23.1 Å². The SMILES string of the molecule is [C-]#[N+]C(C#N)=S(=O)(NS(=O)(=O)C(F)(F)F)c1ccccc1. The molecule has 0 saturated carbocycles. The molecule has 1 aromatic carbocycles. The second-order valence-electron chi connectivity index (χ2n) is 3.43. The van der Waals surface area contributed by atoms with E-state index in [1.165, 1.54) is 18.2 Å². The highest BCUT2D eigenvalue weighted by Crippen LogP contribution is 2.24. The predicted octanol–water partition coefficient (Wildman–Crippen LogP) is 1.26. The molecule has 0 aliphatic heterocycles. The van der Waals surface area contributed by atoms with Crippen molar-refractivity contribution in [1.82, 2.24) is 4.13 Å². The maximum absolute atomic E-state index is 12.5. The topological polar surface area (TPSA) is 91.4 Å². The smallest absolute Gasteiger partial charge is 0.257 e. The van der Waals surface area contributed by atoms with Crippen LogP contribution in [0.15, 0.2) is 35.2 Å². The summed E-state index contributed by atoms with van der Waals surface area (Å²) in [6, 6.07) is 7.23. The molecule has 0 amide bonds. The highest BCUT2D eigenvalue weighted by atomic mass is 32.3. The van der Waals surface area contributed by atoms with Gasteiger partial charge in [0, 0.05) is 4.90 Å². The van der Waals surface area contributed by atoms with Gasteiger partial charge in [0.2, 0.25) is 0 Å². The molecule has 0 saturated heterocycles. The van der Waals surface area contributed by atoms with E-state index < -0.39 is 35.1 Å². The number of nitrogens with one attached hydrogen (secondary N) is 1. The summed E-state index contributed by atoms with van der Waals surface area (Å²) in [5.74, 6) is 0. The van der Waals surface area contributed by atoms with Crippen LogP contribution in [0.3, 0.4) is 0 Å². The van der Waals surface area contributed by atoms with Gasteiger partial charge in [-0.3, -0.25) is 4.21 Å². The summed E-state index contributed by atoms with van der Waals surface area (Å²) in [6.45, 7) is 6.70. The average Bonchev–Trinajstić information content (AvgIpc) is 2.39. The Balaban J connectivity index is 3.70. The molecule has 11 heteroatoms. The molecule has 1 aromatic rings. The number of rotatable bonds is 3. The molecule has 0 aliphatic carbocycles. The zero-order chi connectivity index (χ0) is 16.3. The van der Waals surface area contributed by atoms with Gasteiger partial charge in [-0.05, 0) is 12.1 Å². The summed E-state index contributed by atoms with van der Waals surface area (Å²) in [5.41, 5.74) is -5.73. The lowest BCUT2D eigenvalue weighted by molar-refractivity contribution is -0.0441. The van der Waals surface area contributed by atoms with Crippen molar-refractivity contribution in [3.63, 3.8) is 0 Å². The van der Waals surface area contributed by atoms with Crippen molar-refractivity contribution in [2.45, 2.75) is 10.4 Å². The third kappa shape index (κ3) is 3.33. The van der Waals surface area contributed by atoms with E-state index in [2.05, 4.69) is 4.85 Å². The van der Waals surface area contributed by atoms with E-state index in [0.717, 1.165) is 22.3 Å². The van der Waals surface area contributed by atoms with Crippen molar-refractivity contribution < 1.29 is 25.8 Å². The lowest BCUT2D eigenvalue weighted by atomic mass is 10.4. The summed E-state index contributed by atoms with van der Waals surface area (Å²) in [6.07, 6.45) is 0. The van der Waals surface area contributed by atoms with Gasteiger partial charge in [-0.1, -0.05) is 18.2 Å². The molecule has 0 aliphatic rings. The first-order valence-electron chi connectivity index (χ1n) is 4.92. The number of halogens is 3. The molecule has 1 N–H and O–H groups in total. The van der Waals surface area contributed by atoms with Gasteiger partial charge in [-0.15, -0.1) is 4.13 Å². The first kappa shape index (κ1) is 17.0. The average molecular weight is 337 g/mol. The summed E-state index contributed by atoms with van der Waals surface area (Å²) in [4.78, 5) is 0.938. The molecule has 0 spiro atoms. The van der Waals surface area contributed by atoms with Gasteiger partial charge in [0.25, 0.3) is 0 Å². The van der Waals surface area contributed by atoms with Gasteiger partial charge in [0.15, 0.2) is 0 Å². The van der Waals surface area contributed by atoms with Crippen LogP contribution in [0.25, 0.3) is 4.85 Å². The minimum atomic E-state index is -6.01.